The third-order valence-electron chi connectivity index (χ3n) is 3.43. The van der Waals surface area contributed by atoms with E-state index in [9.17, 15) is 14.7 Å². The monoisotopic (exact) mass is 297 g/mol. The Morgan fingerprint density at radius 1 is 1.40 bits per heavy atom. The number of carbonyl (C=O) groups is 2. The first-order valence-electron chi connectivity index (χ1n) is 6.42. The molecule has 20 heavy (non-hydrogen) atoms. The highest BCUT2D eigenvalue weighted by Gasteiger charge is 2.34. The second-order valence-corrected chi connectivity index (χ2v) is 5.13. The molecule has 5 nitrogen and oxygen atoms in total. The lowest BCUT2D eigenvalue weighted by Crippen LogP contribution is -2.48. The van der Waals surface area contributed by atoms with Crippen LogP contribution in [0.3, 0.4) is 0 Å². The predicted molar refractivity (Wildman–Crippen MR) is 73.8 cm³/mol. The number of carbonyl (C=O) groups excluding carboxylic acids is 2. The van der Waals surface area contributed by atoms with Crippen LogP contribution in [-0.2, 0) is 9.53 Å². The molecule has 0 aliphatic carbocycles. The third kappa shape index (κ3) is 2.88. The molecule has 0 bridgehead atoms. The number of esters is 1. The summed E-state index contributed by atoms with van der Waals surface area (Å²) < 4.78 is 4.74. The van der Waals surface area contributed by atoms with Crippen LogP contribution >= 0.6 is 11.6 Å². The molecule has 1 fully saturated rings. The van der Waals surface area contributed by atoms with Gasteiger partial charge in [-0.2, -0.15) is 0 Å². The fourth-order valence-electron chi connectivity index (χ4n) is 2.40. The van der Waals surface area contributed by atoms with E-state index in [1.54, 1.807) is 0 Å². The molecule has 1 aromatic carbocycles. The lowest BCUT2D eigenvalue weighted by Gasteiger charge is -2.33. The van der Waals surface area contributed by atoms with Gasteiger partial charge >= 0.3 is 5.97 Å². The maximum atomic E-state index is 12.5. The van der Waals surface area contributed by atoms with Crippen LogP contribution in [0.2, 0.25) is 5.02 Å². The van der Waals surface area contributed by atoms with E-state index in [0.29, 0.717) is 18.0 Å². The summed E-state index contributed by atoms with van der Waals surface area (Å²) in [4.78, 5) is 25.7. The summed E-state index contributed by atoms with van der Waals surface area (Å²) in [5.74, 6) is -0.988. The molecule has 2 rings (SSSR count). The van der Waals surface area contributed by atoms with Gasteiger partial charge in [0, 0.05) is 11.6 Å². The van der Waals surface area contributed by atoms with Gasteiger partial charge in [-0.15, -0.1) is 0 Å². The van der Waals surface area contributed by atoms with Crippen LogP contribution in [0.25, 0.3) is 0 Å². The first-order valence-corrected chi connectivity index (χ1v) is 6.79. The maximum Gasteiger partial charge on any atom is 0.328 e. The number of likely N-dealkylation sites (tertiary alicyclic amines) is 1. The van der Waals surface area contributed by atoms with Gasteiger partial charge in [-0.25, -0.2) is 4.79 Å². The predicted octanol–water partition coefficient (Wildman–Crippen LogP) is 2.21. The highest BCUT2D eigenvalue weighted by atomic mass is 35.5. The molecule has 1 aliphatic rings. The highest BCUT2D eigenvalue weighted by molar-refractivity contribution is 6.30. The van der Waals surface area contributed by atoms with Gasteiger partial charge in [-0.05, 0) is 37.5 Å². The Bertz CT molecular complexity index is 532. The number of halogens is 1. The van der Waals surface area contributed by atoms with Crippen LogP contribution in [0.1, 0.15) is 29.6 Å². The third-order valence-corrected chi connectivity index (χ3v) is 3.66. The first-order chi connectivity index (χ1) is 9.54. The molecule has 0 saturated carbocycles. The minimum atomic E-state index is -0.587. The minimum absolute atomic E-state index is 0.144. The summed E-state index contributed by atoms with van der Waals surface area (Å²) in [6, 6.07) is 3.72. The summed E-state index contributed by atoms with van der Waals surface area (Å²) in [5, 5.41) is 10.2. The van der Waals surface area contributed by atoms with Crippen LogP contribution in [0, 0.1) is 0 Å². The number of rotatable bonds is 2. The summed E-state index contributed by atoms with van der Waals surface area (Å²) >= 11 is 5.75. The topological polar surface area (TPSA) is 66.8 Å². The fraction of sp³-hybridized carbons (Fsp3) is 0.429. The van der Waals surface area contributed by atoms with E-state index < -0.39 is 12.0 Å². The van der Waals surface area contributed by atoms with Crippen molar-refractivity contribution in [1.82, 2.24) is 4.90 Å². The van der Waals surface area contributed by atoms with Gasteiger partial charge in [0.25, 0.3) is 5.91 Å². The van der Waals surface area contributed by atoms with Gasteiger partial charge in [0.1, 0.15) is 11.8 Å². The number of piperidine rings is 1. The number of ether oxygens (including phenoxy) is 1. The molecule has 0 aromatic heterocycles. The Kier molecular flexibility index (Phi) is 4.49. The quantitative estimate of drug-likeness (QED) is 0.850. The number of hydrogen-bond acceptors (Lipinski definition) is 4. The number of phenolic OH excluding ortho intramolecular Hbond substituents is 1. The Labute approximate surface area is 122 Å². The molecule has 1 saturated heterocycles. The normalized spacial score (nSPS) is 18.7. The lowest BCUT2D eigenvalue weighted by molar-refractivity contribution is -0.147. The van der Waals surface area contributed by atoms with E-state index in [1.165, 1.54) is 30.2 Å². The van der Waals surface area contributed by atoms with Crippen molar-refractivity contribution in [3.8, 4) is 5.75 Å². The number of hydrogen-bond donors (Lipinski definition) is 1. The van der Waals surface area contributed by atoms with Gasteiger partial charge < -0.3 is 14.7 Å². The minimum Gasteiger partial charge on any atom is -0.507 e. The van der Waals surface area contributed by atoms with Gasteiger partial charge in [-0.1, -0.05) is 11.6 Å². The zero-order valence-electron chi connectivity index (χ0n) is 11.1. The van der Waals surface area contributed by atoms with E-state index in [4.69, 9.17) is 16.3 Å². The second kappa shape index (κ2) is 6.13. The van der Waals surface area contributed by atoms with Crippen molar-refractivity contribution in [2.45, 2.75) is 25.3 Å². The van der Waals surface area contributed by atoms with Crippen molar-refractivity contribution in [2.24, 2.45) is 0 Å². The van der Waals surface area contributed by atoms with Crippen LogP contribution < -0.4 is 0 Å². The van der Waals surface area contributed by atoms with Crippen molar-refractivity contribution in [3.63, 3.8) is 0 Å². The molecule has 0 spiro atoms. The Morgan fingerprint density at radius 3 is 2.80 bits per heavy atom. The van der Waals surface area contributed by atoms with Crippen molar-refractivity contribution < 1.29 is 19.4 Å². The smallest absolute Gasteiger partial charge is 0.328 e. The number of benzene rings is 1. The van der Waals surface area contributed by atoms with Crippen LogP contribution in [0.4, 0.5) is 0 Å². The molecular weight excluding hydrogens is 282 g/mol. The fourth-order valence-corrected chi connectivity index (χ4v) is 2.56. The average molecular weight is 298 g/mol. The molecule has 1 amide bonds. The van der Waals surface area contributed by atoms with E-state index in [0.717, 1.165) is 12.8 Å². The van der Waals surface area contributed by atoms with E-state index in [-0.39, 0.29) is 17.2 Å². The zero-order chi connectivity index (χ0) is 14.7. The molecule has 1 aromatic rings. The number of phenols is 1. The zero-order valence-corrected chi connectivity index (χ0v) is 11.9. The number of nitrogens with zero attached hydrogens (tertiary/aromatic N) is 1. The maximum absolute atomic E-state index is 12.5. The number of methoxy groups -OCH3 is 1. The van der Waals surface area contributed by atoms with Gasteiger partial charge in [0.2, 0.25) is 0 Å². The van der Waals surface area contributed by atoms with Gasteiger partial charge in [-0.3, -0.25) is 4.79 Å². The van der Waals surface area contributed by atoms with Crippen LogP contribution in [0.5, 0.6) is 5.75 Å². The summed E-state index contributed by atoms with van der Waals surface area (Å²) in [6.07, 6.45) is 2.27. The van der Waals surface area contributed by atoms with Gasteiger partial charge in [0.05, 0.1) is 12.7 Å². The molecule has 108 valence electrons. The summed E-state index contributed by atoms with van der Waals surface area (Å²) in [7, 11) is 1.30. The molecule has 1 unspecified atom stereocenters. The molecule has 0 radical (unpaired) electrons. The molecule has 1 heterocycles. The molecule has 1 aliphatic heterocycles. The number of aromatic hydroxyl groups is 1. The van der Waals surface area contributed by atoms with Crippen molar-refractivity contribution >= 4 is 23.5 Å². The number of amides is 1. The molecule has 1 atom stereocenters. The highest BCUT2D eigenvalue weighted by Crippen LogP contribution is 2.26. The van der Waals surface area contributed by atoms with Gasteiger partial charge in [0.15, 0.2) is 0 Å². The van der Waals surface area contributed by atoms with Crippen molar-refractivity contribution in [3.05, 3.63) is 28.8 Å². The Morgan fingerprint density at radius 2 is 2.15 bits per heavy atom. The summed E-state index contributed by atoms with van der Waals surface area (Å²) in [5.41, 5.74) is 0.144. The second-order valence-electron chi connectivity index (χ2n) is 4.69. The molecule has 1 N–H and O–H groups in total. The average Bonchev–Trinajstić information content (AvgIpc) is 2.46. The lowest BCUT2D eigenvalue weighted by atomic mass is 10.0. The first kappa shape index (κ1) is 14.7. The van der Waals surface area contributed by atoms with E-state index in [1.807, 2.05) is 0 Å². The van der Waals surface area contributed by atoms with Crippen LogP contribution in [0.15, 0.2) is 18.2 Å². The van der Waals surface area contributed by atoms with Crippen molar-refractivity contribution in [2.75, 3.05) is 13.7 Å². The molecule has 6 heteroatoms. The Balaban J connectivity index is 2.27. The Hall–Kier alpha value is -1.75. The van der Waals surface area contributed by atoms with E-state index >= 15 is 0 Å². The largest absolute Gasteiger partial charge is 0.507 e. The molecular formula is C14H16ClNO4. The van der Waals surface area contributed by atoms with E-state index in [2.05, 4.69) is 0 Å². The SMILES string of the molecule is COC(=O)C1CCCCN1C(=O)c1ccc(Cl)cc1O. The van der Waals surface area contributed by atoms with Crippen LogP contribution in [-0.4, -0.2) is 41.6 Å². The standard InChI is InChI=1S/C14H16ClNO4/c1-20-14(19)11-4-2-3-7-16(11)13(18)10-6-5-9(15)8-12(10)17/h5-6,8,11,17H,2-4,7H2,1H3. The summed E-state index contributed by atoms with van der Waals surface area (Å²) in [6.45, 7) is 0.473. The van der Waals surface area contributed by atoms with Crippen molar-refractivity contribution in [1.29, 1.82) is 0 Å².